The number of benzene rings is 2. The van der Waals surface area contributed by atoms with E-state index in [0.29, 0.717) is 6.41 Å². The van der Waals surface area contributed by atoms with Gasteiger partial charge in [-0.3, -0.25) is 19.2 Å². The van der Waals surface area contributed by atoms with E-state index >= 15 is 0 Å². The number of anilines is 1. The van der Waals surface area contributed by atoms with Crippen LogP contribution in [0.5, 0.6) is 0 Å². The number of halogens is 2. The van der Waals surface area contributed by atoms with Crippen molar-refractivity contribution in [3.8, 4) is 0 Å². The van der Waals surface area contributed by atoms with E-state index in [9.17, 15) is 29.1 Å². The van der Waals surface area contributed by atoms with Gasteiger partial charge in [0.15, 0.2) is 16.9 Å². The second kappa shape index (κ2) is 15.0. The van der Waals surface area contributed by atoms with Crippen molar-refractivity contribution in [1.29, 1.82) is 0 Å². The van der Waals surface area contributed by atoms with E-state index in [0.717, 1.165) is 34.2 Å². The molecule has 3 amide bonds. The highest BCUT2D eigenvalue weighted by Gasteiger charge is 2.57. The molecule has 244 valence electrons. The van der Waals surface area contributed by atoms with Crippen LogP contribution in [0.2, 0.25) is 0 Å². The maximum atomic E-state index is 13.5. The number of nitrogens with one attached hydrogen (secondary N) is 2. The molecule has 3 aromatic rings. The molecule has 0 bridgehead atoms. The minimum absolute atomic E-state index is 0.00313. The number of hydrogen-bond acceptors (Lipinski definition) is 11. The summed E-state index contributed by atoms with van der Waals surface area (Å²) in [6.45, 7) is -0.862. The van der Waals surface area contributed by atoms with E-state index in [4.69, 9.17) is 32.8 Å². The Labute approximate surface area is 285 Å². The lowest BCUT2D eigenvalue weighted by molar-refractivity contribution is -0.156. The molecular weight excluding hydrogens is 693 g/mol. The molecule has 2 aromatic carbocycles. The molecule has 0 radical (unpaired) electrons. The SMILES string of the molecule is O=CNc1nc(C(=NOCC(=O)OC(c2ccccc2)c2ccccc2)C(=O)NC2C(=O)N3CC(C=C(Cl)Cl)(C(=O)O)CS[C@H]23)cs1. The van der Waals surface area contributed by atoms with Crippen LogP contribution in [0.1, 0.15) is 22.9 Å². The zero-order valence-corrected chi connectivity index (χ0v) is 27.2. The summed E-state index contributed by atoms with van der Waals surface area (Å²) in [6, 6.07) is 17.2. The predicted molar refractivity (Wildman–Crippen MR) is 175 cm³/mol. The molecule has 0 saturated carbocycles. The number of carbonyl (C=O) groups excluding carboxylic acids is 4. The molecule has 3 heterocycles. The van der Waals surface area contributed by atoms with E-state index in [1.165, 1.54) is 16.4 Å². The number of carbonyl (C=O) groups is 5. The Morgan fingerprint density at radius 3 is 2.38 bits per heavy atom. The fourth-order valence-electron chi connectivity index (χ4n) is 4.89. The minimum atomic E-state index is -1.50. The van der Waals surface area contributed by atoms with Crippen molar-refractivity contribution in [2.24, 2.45) is 10.6 Å². The highest BCUT2D eigenvalue weighted by Crippen LogP contribution is 2.44. The number of rotatable bonds is 13. The summed E-state index contributed by atoms with van der Waals surface area (Å²) in [5, 5.41) is 19.7. The largest absolute Gasteiger partial charge is 0.481 e. The fraction of sp³-hybridized carbons (Fsp3) is 0.233. The van der Waals surface area contributed by atoms with Crippen LogP contribution in [-0.2, 0) is 33.5 Å². The third kappa shape index (κ3) is 7.76. The van der Waals surface area contributed by atoms with Gasteiger partial charge in [-0.1, -0.05) is 89.0 Å². The van der Waals surface area contributed by atoms with Crippen LogP contribution in [0.4, 0.5) is 5.13 Å². The molecule has 2 aliphatic heterocycles. The number of fused-ring (bicyclic) bond motifs is 1. The van der Waals surface area contributed by atoms with Gasteiger partial charge in [-0.05, 0) is 17.2 Å². The lowest BCUT2D eigenvalue weighted by atomic mass is 9.87. The zero-order valence-electron chi connectivity index (χ0n) is 24.1. The first kappa shape index (κ1) is 33.9. The summed E-state index contributed by atoms with van der Waals surface area (Å²) in [5.41, 5.74) is -0.406. The number of carboxylic acid groups (broad SMARTS) is 1. The van der Waals surface area contributed by atoms with Crippen LogP contribution in [0.25, 0.3) is 0 Å². The van der Waals surface area contributed by atoms with Crippen LogP contribution in [-0.4, -0.2) is 81.2 Å². The number of β-lactam (4-membered cyclic amide) rings is 1. The number of thiazole rings is 1. The maximum absolute atomic E-state index is 13.5. The Morgan fingerprint density at radius 1 is 1.13 bits per heavy atom. The van der Waals surface area contributed by atoms with E-state index in [2.05, 4.69) is 20.8 Å². The molecule has 3 atom stereocenters. The smallest absolute Gasteiger partial charge is 0.347 e. The number of aliphatic carboxylic acids is 1. The first-order chi connectivity index (χ1) is 22.6. The standard InChI is InChI=1S/C30H25Cl2N5O8S2/c31-20(32)11-30(28(42)43)14-37-26(41)23(27(37)47-15-30)35-25(40)22(19-13-46-29(34-19)33-16-38)36-44-12-21(39)45-24(17-7-3-1-4-8-17)18-9-5-2-6-10-18/h1-11,13,16,23-24,27H,12,14-15H2,(H,35,40)(H,42,43)(H,33,34,38)/t23?,27-,30?/m1/s1. The highest BCUT2D eigenvalue weighted by molar-refractivity contribution is 8.00. The van der Waals surface area contributed by atoms with Crippen LogP contribution in [0.15, 0.2) is 81.8 Å². The number of esters is 1. The number of aromatic nitrogens is 1. The average Bonchev–Trinajstić information content (AvgIpc) is 3.53. The third-order valence-electron chi connectivity index (χ3n) is 7.14. The van der Waals surface area contributed by atoms with Gasteiger partial charge in [0.05, 0.1) is 0 Å². The Balaban J connectivity index is 1.29. The van der Waals surface area contributed by atoms with Crippen molar-refractivity contribution >= 4 is 87.3 Å². The quantitative estimate of drug-likeness (QED) is 0.0779. The van der Waals surface area contributed by atoms with E-state index in [-0.39, 0.29) is 33.3 Å². The van der Waals surface area contributed by atoms with Crippen molar-refractivity contribution in [3.05, 3.63) is 93.4 Å². The van der Waals surface area contributed by atoms with Gasteiger partial charge >= 0.3 is 11.9 Å². The van der Waals surface area contributed by atoms with Gasteiger partial charge in [-0.25, -0.2) is 9.78 Å². The van der Waals surface area contributed by atoms with Gasteiger partial charge in [-0.15, -0.1) is 23.1 Å². The van der Waals surface area contributed by atoms with Crippen molar-refractivity contribution < 1.29 is 38.7 Å². The molecule has 17 heteroatoms. The molecule has 13 nitrogen and oxygen atoms in total. The number of amides is 3. The number of nitrogens with zero attached hydrogens (tertiary/aromatic N) is 3. The Hall–Kier alpha value is -4.44. The number of thioether (sulfide) groups is 1. The Kier molecular flexibility index (Phi) is 10.8. The number of hydrogen-bond donors (Lipinski definition) is 3. The first-order valence-corrected chi connectivity index (χ1v) is 16.5. The average molecular weight is 719 g/mol. The van der Waals surface area contributed by atoms with Crippen molar-refractivity contribution in [2.45, 2.75) is 17.5 Å². The third-order valence-corrected chi connectivity index (χ3v) is 9.68. The molecule has 0 spiro atoms. The molecule has 47 heavy (non-hydrogen) atoms. The summed E-state index contributed by atoms with van der Waals surface area (Å²) in [6.07, 6.45) is 0.864. The zero-order chi connectivity index (χ0) is 33.6. The Bertz CT molecular complexity index is 1680. The van der Waals surface area contributed by atoms with Crippen molar-refractivity contribution in [1.82, 2.24) is 15.2 Å². The predicted octanol–water partition coefficient (Wildman–Crippen LogP) is 3.55. The van der Waals surface area contributed by atoms with Gasteiger partial charge in [0, 0.05) is 17.7 Å². The molecule has 5 rings (SSSR count). The van der Waals surface area contributed by atoms with E-state index in [1.54, 1.807) is 0 Å². The minimum Gasteiger partial charge on any atom is -0.481 e. The normalized spacial score (nSPS) is 20.4. The van der Waals surface area contributed by atoms with Gasteiger partial charge in [0.1, 0.15) is 27.0 Å². The van der Waals surface area contributed by atoms with Crippen molar-refractivity contribution in [2.75, 3.05) is 24.2 Å². The van der Waals surface area contributed by atoms with Crippen LogP contribution < -0.4 is 10.6 Å². The Morgan fingerprint density at radius 2 is 1.79 bits per heavy atom. The van der Waals surface area contributed by atoms with Gasteiger partial charge in [0.25, 0.3) is 5.91 Å². The lowest BCUT2D eigenvalue weighted by Crippen LogP contribution is -2.73. The molecular formula is C30H25Cl2N5O8S2. The molecule has 2 unspecified atom stereocenters. The summed E-state index contributed by atoms with van der Waals surface area (Å²) < 4.78 is 5.48. The molecule has 2 fully saturated rings. The number of carboxylic acids is 1. The lowest BCUT2D eigenvalue weighted by Gasteiger charge is -2.53. The summed E-state index contributed by atoms with van der Waals surface area (Å²) in [5.74, 6) is -3.32. The second-order valence-electron chi connectivity index (χ2n) is 10.2. The molecule has 2 saturated heterocycles. The highest BCUT2D eigenvalue weighted by atomic mass is 35.5. The van der Waals surface area contributed by atoms with Gasteiger partial charge in [-0.2, -0.15) is 0 Å². The maximum Gasteiger partial charge on any atom is 0.347 e. The number of oxime groups is 1. The van der Waals surface area contributed by atoms with E-state index < -0.39 is 53.3 Å². The monoisotopic (exact) mass is 717 g/mol. The second-order valence-corrected chi connectivity index (χ2v) is 13.2. The molecule has 0 aliphatic carbocycles. The summed E-state index contributed by atoms with van der Waals surface area (Å²) >= 11 is 13.6. The fourth-order valence-corrected chi connectivity index (χ4v) is 7.47. The van der Waals surface area contributed by atoms with Crippen molar-refractivity contribution in [3.63, 3.8) is 0 Å². The van der Waals surface area contributed by atoms with Gasteiger partial charge in [0.2, 0.25) is 18.9 Å². The number of ether oxygens (including phenoxy) is 1. The molecule has 2 aliphatic rings. The van der Waals surface area contributed by atoms with Crippen LogP contribution in [0, 0.1) is 5.41 Å². The molecule has 3 N–H and O–H groups in total. The topological polar surface area (TPSA) is 177 Å². The van der Waals surface area contributed by atoms with E-state index in [1.807, 2.05) is 60.7 Å². The first-order valence-electron chi connectivity index (χ1n) is 13.8. The summed E-state index contributed by atoms with van der Waals surface area (Å²) in [7, 11) is 0. The van der Waals surface area contributed by atoms with Crippen LogP contribution in [0.3, 0.4) is 0 Å². The molecule has 1 aromatic heterocycles. The summed E-state index contributed by atoms with van der Waals surface area (Å²) in [4.78, 5) is 73.0. The van der Waals surface area contributed by atoms with Gasteiger partial charge < -0.3 is 30.2 Å². The van der Waals surface area contributed by atoms with Crippen LogP contribution >= 0.6 is 46.3 Å².